The molecule has 0 rings (SSSR count). The Morgan fingerprint density at radius 1 is 1.25 bits per heavy atom. The first kappa shape index (κ1) is 14.9. The van der Waals surface area contributed by atoms with Crippen LogP contribution in [0, 0.1) is 0 Å². The number of rotatable bonds is 9. The van der Waals surface area contributed by atoms with Gasteiger partial charge < -0.3 is 20.8 Å². The molecule has 6 nitrogen and oxygen atoms in total. The number of nitrogens with one attached hydrogen (secondary N) is 2. The van der Waals surface area contributed by atoms with Gasteiger partial charge in [-0.25, -0.2) is 4.79 Å². The highest BCUT2D eigenvalue weighted by Gasteiger charge is 2.16. The highest BCUT2D eigenvalue weighted by molar-refractivity contribution is 5.82. The van der Waals surface area contributed by atoms with Gasteiger partial charge in [-0.15, -0.1) is 0 Å². The third-order valence-electron chi connectivity index (χ3n) is 2.04. The Labute approximate surface area is 95.0 Å². The molecule has 0 bridgehead atoms. The first-order valence-electron chi connectivity index (χ1n) is 5.39. The summed E-state index contributed by atoms with van der Waals surface area (Å²) in [7, 11) is 0. The second-order valence-corrected chi connectivity index (χ2v) is 3.58. The van der Waals surface area contributed by atoms with Gasteiger partial charge in [-0.05, 0) is 25.8 Å². The minimum absolute atomic E-state index is 0.184. The maximum atomic E-state index is 10.7. The molecule has 0 aromatic heterocycles. The minimum Gasteiger partial charge on any atom is -0.480 e. The van der Waals surface area contributed by atoms with Gasteiger partial charge in [0.15, 0.2) is 0 Å². The standard InChI is InChI=1S/C10H20N2O4/c1-8(14)12-9(10(15)16)7-11-5-3-2-4-6-13/h9,11,13H,2-7H2,1H3,(H,12,14)(H,15,16). The Balaban J connectivity index is 3.60. The molecule has 1 unspecified atom stereocenters. The van der Waals surface area contributed by atoms with Gasteiger partial charge >= 0.3 is 5.97 Å². The van der Waals surface area contributed by atoms with E-state index in [1.807, 2.05) is 0 Å². The average molecular weight is 232 g/mol. The topological polar surface area (TPSA) is 98.7 Å². The van der Waals surface area contributed by atoms with E-state index in [1.54, 1.807) is 0 Å². The van der Waals surface area contributed by atoms with Gasteiger partial charge in [0.25, 0.3) is 0 Å². The van der Waals surface area contributed by atoms with Crippen molar-refractivity contribution >= 4 is 11.9 Å². The SMILES string of the molecule is CC(=O)NC(CNCCCCCO)C(=O)O. The summed E-state index contributed by atoms with van der Waals surface area (Å²) in [6.07, 6.45) is 2.55. The molecule has 4 N–H and O–H groups in total. The second kappa shape index (κ2) is 9.11. The summed E-state index contributed by atoms with van der Waals surface area (Å²) in [5, 5.41) is 22.6. The van der Waals surface area contributed by atoms with Crippen LogP contribution in [0.25, 0.3) is 0 Å². The molecule has 16 heavy (non-hydrogen) atoms. The average Bonchev–Trinajstić information content (AvgIpc) is 2.20. The number of hydrogen-bond donors (Lipinski definition) is 4. The summed E-state index contributed by atoms with van der Waals surface area (Å²) in [6.45, 7) is 2.37. The molecule has 0 saturated carbocycles. The molecule has 6 heteroatoms. The van der Waals surface area contributed by atoms with Crippen molar-refractivity contribution in [3.8, 4) is 0 Å². The zero-order chi connectivity index (χ0) is 12.4. The van der Waals surface area contributed by atoms with Crippen molar-refractivity contribution < 1.29 is 19.8 Å². The van der Waals surface area contributed by atoms with Crippen LogP contribution in [0.5, 0.6) is 0 Å². The number of aliphatic hydroxyl groups excluding tert-OH is 1. The van der Waals surface area contributed by atoms with Crippen LogP contribution in [0.15, 0.2) is 0 Å². The lowest BCUT2D eigenvalue weighted by molar-refractivity contribution is -0.141. The van der Waals surface area contributed by atoms with Crippen LogP contribution >= 0.6 is 0 Å². The summed E-state index contributed by atoms with van der Waals surface area (Å²) < 4.78 is 0. The van der Waals surface area contributed by atoms with E-state index < -0.39 is 12.0 Å². The molecule has 0 aliphatic carbocycles. The van der Waals surface area contributed by atoms with Gasteiger partial charge in [0.2, 0.25) is 5.91 Å². The Bertz CT molecular complexity index is 221. The monoisotopic (exact) mass is 232 g/mol. The number of carbonyl (C=O) groups is 2. The van der Waals surface area contributed by atoms with E-state index >= 15 is 0 Å². The number of amides is 1. The summed E-state index contributed by atoms with van der Waals surface area (Å²) >= 11 is 0. The molecule has 94 valence electrons. The molecule has 0 fully saturated rings. The Morgan fingerprint density at radius 2 is 1.94 bits per heavy atom. The van der Waals surface area contributed by atoms with Gasteiger partial charge in [-0.3, -0.25) is 4.79 Å². The number of carboxylic acids is 1. The normalized spacial score (nSPS) is 12.1. The maximum Gasteiger partial charge on any atom is 0.327 e. The van der Waals surface area contributed by atoms with E-state index in [0.717, 1.165) is 19.3 Å². The molecule has 0 aromatic rings. The van der Waals surface area contributed by atoms with Crippen molar-refractivity contribution in [2.75, 3.05) is 19.7 Å². The Morgan fingerprint density at radius 3 is 2.44 bits per heavy atom. The Hall–Kier alpha value is -1.14. The number of carbonyl (C=O) groups excluding carboxylic acids is 1. The Kier molecular flexibility index (Phi) is 8.46. The fourth-order valence-corrected chi connectivity index (χ4v) is 1.23. The van der Waals surface area contributed by atoms with Crippen LogP contribution in [-0.2, 0) is 9.59 Å². The van der Waals surface area contributed by atoms with Crippen LogP contribution < -0.4 is 10.6 Å². The van der Waals surface area contributed by atoms with Crippen LogP contribution in [0.1, 0.15) is 26.2 Å². The lowest BCUT2D eigenvalue weighted by Crippen LogP contribution is -2.46. The van der Waals surface area contributed by atoms with Crippen molar-refractivity contribution in [2.24, 2.45) is 0 Å². The van der Waals surface area contributed by atoms with Crippen molar-refractivity contribution in [3.05, 3.63) is 0 Å². The first-order valence-corrected chi connectivity index (χ1v) is 5.39. The lowest BCUT2D eigenvalue weighted by Gasteiger charge is -2.13. The maximum absolute atomic E-state index is 10.7. The first-order chi connectivity index (χ1) is 7.57. The third-order valence-corrected chi connectivity index (χ3v) is 2.04. The smallest absolute Gasteiger partial charge is 0.327 e. The predicted molar refractivity (Wildman–Crippen MR) is 59.0 cm³/mol. The van der Waals surface area contributed by atoms with Crippen LogP contribution in [0.2, 0.25) is 0 Å². The fourth-order valence-electron chi connectivity index (χ4n) is 1.23. The van der Waals surface area contributed by atoms with Crippen LogP contribution in [-0.4, -0.2) is 47.8 Å². The predicted octanol–water partition coefficient (Wildman–Crippen LogP) is -0.672. The lowest BCUT2D eigenvalue weighted by atomic mass is 10.2. The number of carboxylic acid groups (broad SMARTS) is 1. The third kappa shape index (κ3) is 8.19. The van der Waals surface area contributed by atoms with Crippen LogP contribution in [0.3, 0.4) is 0 Å². The molecule has 0 saturated heterocycles. The van der Waals surface area contributed by atoms with E-state index in [9.17, 15) is 9.59 Å². The van der Waals surface area contributed by atoms with Gasteiger partial charge in [-0.2, -0.15) is 0 Å². The number of unbranched alkanes of at least 4 members (excludes halogenated alkanes) is 2. The molecular weight excluding hydrogens is 212 g/mol. The molecule has 0 aliphatic heterocycles. The summed E-state index contributed by atoms with van der Waals surface area (Å²) in [4.78, 5) is 21.4. The molecule has 0 heterocycles. The summed E-state index contributed by atoms with van der Waals surface area (Å²) in [6, 6.07) is -0.879. The highest BCUT2D eigenvalue weighted by atomic mass is 16.4. The van der Waals surface area contributed by atoms with Gasteiger partial charge in [0.1, 0.15) is 6.04 Å². The second-order valence-electron chi connectivity index (χ2n) is 3.58. The van der Waals surface area contributed by atoms with Crippen LogP contribution in [0.4, 0.5) is 0 Å². The molecule has 0 spiro atoms. The van der Waals surface area contributed by atoms with Crippen molar-refractivity contribution in [2.45, 2.75) is 32.2 Å². The quantitative estimate of drug-likeness (QED) is 0.395. The molecule has 0 radical (unpaired) electrons. The zero-order valence-corrected chi connectivity index (χ0v) is 9.53. The van der Waals surface area contributed by atoms with E-state index in [4.69, 9.17) is 10.2 Å². The van der Waals surface area contributed by atoms with Crippen molar-refractivity contribution in [1.82, 2.24) is 10.6 Å². The summed E-state index contributed by atoms with van der Waals surface area (Å²) in [5.41, 5.74) is 0. The molecule has 1 atom stereocenters. The van der Waals surface area contributed by atoms with Crippen molar-refractivity contribution in [3.63, 3.8) is 0 Å². The van der Waals surface area contributed by atoms with E-state index in [0.29, 0.717) is 6.54 Å². The molecule has 0 aliphatic rings. The highest BCUT2D eigenvalue weighted by Crippen LogP contribution is 1.92. The number of aliphatic carboxylic acids is 1. The fraction of sp³-hybridized carbons (Fsp3) is 0.800. The van der Waals surface area contributed by atoms with Gasteiger partial charge in [0.05, 0.1) is 0 Å². The van der Waals surface area contributed by atoms with Crippen molar-refractivity contribution in [1.29, 1.82) is 0 Å². The zero-order valence-electron chi connectivity index (χ0n) is 9.53. The minimum atomic E-state index is -1.04. The number of aliphatic hydroxyl groups is 1. The van der Waals surface area contributed by atoms with E-state index in [1.165, 1.54) is 6.92 Å². The molecular formula is C10H20N2O4. The summed E-state index contributed by atoms with van der Waals surface area (Å²) in [5.74, 6) is -1.40. The number of hydrogen-bond acceptors (Lipinski definition) is 4. The largest absolute Gasteiger partial charge is 0.480 e. The van der Waals surface area contributed by atoms with Gasteiger partial charge in [-0.1, -0.05) is 0 Å². The molecule has 1 amide bonds. The molecule has 0 aromatic carbocycles. The van der Waals surface area contributed by atoms with E-state index in [2.05, 4.69) is 10.6 Å². The van der Waals surface area contributed by atoms with E-state index in [-0.39, 0.29) is 19.1 Å². The van der Waals surface area contributed by atoms with Gasteiger partial charge in [0, 0.05) is 20.1 Å².